The van der Waals surface area contributed by atoms with Crippen molar-refractivity contribution >= 4 is 11.9 Å². The summed E-state index contributed by atoms with van der Waals surface area (Å²) in [5, 5.41) is 9.42. The average Bonchev–Trinajstić information content (AvgIpc) is 3.11. The number of piperidine rings is 1. The van der Waals surface area contributed by atoms with Gasteiger partial charge in [-0.3, -0.25) is 9.59 Å². The van der Waals surface area contributed by atoms with E-state index in [2.05, 4.69) is 0 Å². The van der Waals surface area contributed by atoms with Crippen molar-refractivity contribution in [3.63, 3.8) is 0 Å². The van der Waals surface area contributed by atoms with Gasteiger partial charge in [-0.2, -0.15) is 0 Å². The van der Waals surface area contributed by atoms with E-state index < -0.39 is 17.3 Å². The molecule has 1 N–H and O–H groups in total. The predicted molar refractivity (Wildman–Crippen MR) is 94.6 cm³/mol. The number of carboxylic acids is 1. The molecule has 3 rings (SSSR count). The van der Waals surface area contributed by atoms with Crippen LogP contribution in [0, 0.1) is 11.8 Å². The Bertz CT molecular complexity index is 651. The van der Waals surface area contributed by atoms with Crippen LogP contribution in [0.2, 0.25) is 0 Å². The summed E-state index contributed by atoms with van der Waals surface area (Å²) in [5.74, 6) is -0.201. The van der Waals surface area contributed by atoms with Crippen LogP contribution in [0.4, 0.5) is 0 Å². The first-order valence-electron chi connectivity index (χ1n) is 9.13. The normalized spacial score (nSPS) is 25.6. The third-order valence-electron chi connectivity index (χ3n) is 5.78. The van der Waals surface area contributed by atoms with Gasteiger partial charge in [-0.1, -0.05) is 31.9 Å². The van der Waals surface area contributed by atoms with Crippen LogP contribution in [0.25, 0.3) is 0 Å². The molecule has 1 aromatic carbocycles. The van der Waals surface area contributed by atoms with Gasteiger partial charge in [0.15, 0.2) is 0 Å². The van der Waals surface area contributed by atoms with Crippen molar-refractivity contribution in [2.45, 2.75) is 44.4 Å². The number of benzene rings is 1. The van der Waals surface area contributed by atoms with Crippen LogP contribution in [0.1, 0.15) is 44.6 Å². The zero-order chi connectivity index (χ0) is 18.0. The van der Waals surface area contributed by atoms with E-state index in [1.807, 2.05) is 31.2 Å². The van der Waals surface area contributed by atoms with Crippen molar-refractivity contribution in [3.05, 3.63) is 29.8 Å². The molecule has 1 aromatic rings. The van der Waals surface area contributed by atoms with Crippen LogP contribution in [0.5, 0.6) is 5.75 Å². The zero-order valence-electron chi connectivity index (χ0n) is 15.0. The van der Waals surface area contributed by atoms with Gasteiger partial charge >= 0.3 is 5.97 Å². The van der Waals surface area contributed by atoms with E-state index in [0.29, 0.717) is 19.5 Å². The Hall–Kier alpha value is -2.04. The molecule has 136 valence electrons. The van der Waals surface area contributed by atoms with Crippen molar-refractivity contribution in [1.82, 2.24) is 4.90 Å². The number of hydrogen-bond acceptors (Lipinski definition) is 3. The van der Waals surface area contributed by atoms with Gasteiger partial charge in [0.1, 0.15) is 5.75 Å². The summed E-state index contributed by atoms with van der Waals surface area (Å²) in [6.45, 7) is 3.00. The molecule has 5 nitrogen and oxygen atoms in total. The van der Waals surface area contributed by atoms with Crippen LogP contribution < -0.4 is 4.74 Å². The monoisotopic (exact) mass is 345 g/mol. The molecular formula is C20H27NO4. The molecule has 0 radical (unpaired) electrons. The second-order valence-electron chi connectivity index (χ2n) is 7.61. The van der Waals surface area contributed by atoms with E-state index in [4.69, 9.17) is 4.74 Å². The van der Waals surface area contributed by atoms with E-state index in [1.54, 1.807) is 12.0 Å². The fourth-order valence-corrected chi connectivity index (χ4v) is 4.52. The molecule has 5 heteroatoms. The molecule has 2 atom stereocenters. The standard InChI is InChI=1S/C20H27NO4/c1-14-10-15(18(22)23)13-21(12-14)19(24)20(8-3-4-9-20)16-6-5-7-17(11-16)25-2/h5-7,11,14-15H,3-4,8-10,12-13H2,1-2H3,(H,22,23). The van der Waals surface area contributed by atoms with E-state index in [-0.39, 0.29) is 11.8 Å². The Morgan fingerprint density at radius 3 is 2.60 bits per heavy atom. The zero-order valence-corrected chi connectivity index (χ0v) is 15.0. The topological polar surface area (TPSA) is 66.8 Å². The van der Waals surface area contributed by atoms with Crippen LogP contribution in [0.3, 0.4) is 0 Å². The van der Waals surface area contributed by atoms with Crippen molar-refractivity contribution in [2.75, 3.05) is 20.2 Å². The lowest BCUT2D eigenvalue weighted by molar-refractivity contribution is -0.148. The maximum Gasteiger partial charge on any atom is 0.308 e. The highest BCUT2D eigenvalue weighted by Crippen LogP contribution is 2.44. The van der Waals surface area contributed by atoms with Crippen molar-refractivity contribution in [2.24, 2.45) is 11.8 Å². The molecule has 2 unspecified atom stereocenters. The van der Waals surface area contributed by atoms with Crippen molar-refractivity contribution < 1.29 is 19.4 Å². The Morgan fingerprint density at radius 1 is 1.24 bits per heavy atom. The number of carbonyl (C=O) groups excluding carboxylic acids is 1. The fraction of sp³-hybridized carbons (Fsp3) is 0.600. The number of methoxy groups -OCH3 is 1. The van der Waals surface area contributed by atoms with Crippen molar-refractivity contribution in [3.8, 4) is 5.75 Å². The minimum Gasteiger partial charge on any atom is -0.497 e. The van der Waals surface area contributed by atoms with E-state index >= 15 is 0 Å². The second-order valence-corrected chi connectivity index (χ2v) is 7.61. The first kappa shape index (κ1) is 17.8. The molecule has 0 bridgehead atoms. The lowest BCUT2D eigenvalue weighted by Crippen LogP contribution is -2.52. The third kappa shape index (κ3) is 3.37. The average molecular weight is 345 g/mol. The summed E-state index contributed by atoms with van der Waals surface area (Å²) < 4.78 is 5.35. The third-order valence-corrected chi connectivity index (χ3v) is 5.78. The van der Waals surface area contributed by atoms with Crippen LogP contribution in [-0.4, -0.2) is 42.1 Å². The number of amides is 1. The molecule has 0 aromatic heterocycles. The summed E-state index contributed by atoms with van der Waals surface area (Å²) in [5.41, 5.74) is 0.466. The molecule has 1 aliphatic heterocycles. The van der Waals surface area contributed by atoms with Gasteiger partial charge in [-0.25, -0.2) is 0 Å². The summed E-state index contributed by atoms with van der Waals surface area (Å²) >= 11 is 0. The summed E-state index contributed by atoms with van der Waals surface area (Å²) in [6, 6.07) is 7.79. The smallest absolute Gasteiger partial charge is 0.308 e. The molecule has 0 spiro atoms. The van der Waals surface area contributed by atoms with Crippen LogP contribution in [0.15, 0.2) is 24.3 Å². The van der Waals surface area contributed by atoms with Crippen molar-refractivity contribution in [1.29, 1.82) is 0 Å². The lowest BCUT2D eigenvalue weighted by Gasteiger charge is -2.40. The second kappa shape index (κ2) is 7.06. The molecular weight excluding hydrogens is 318 g/mol. The fourth-order valence-electron chi connectivity index (χ4n) is 4.52. The number of hydrogen-bond donors (Lipinski definition) is 1. The predicted octanol–water partition coefficient (Wildman–Crippen LogP) is 3.08. The quantitative estimate of drug-likeness (QED) is 0.911. The highest BCUT2D eigenvalue weighted by Gasteiger charge is 2.46. The minimum atomic E-state index is -0.800. The number of likely N-dealkylation sites (tertiary alicyclic amines) is 1. The first-order valence-corrected chi connectivity index (χ1v) is 9.13. The Labute approximate surface area is 149 Å². The summed E-state index contributed by atoms with van der Waals surface area (Å²) in [6.07, 6.45) is 4.33. The molecule has 1 heterocycles. The minimum absolute atomic E-state index is 0.0936. The molecule has 25 heavy (non-hydrogen) atoms. The SMILES string of the molecule is COc1cccc(C2(C(=O)N3CC(C)CC(C(=O)O)C3)CCCC2)c1. The number of carbonyl (C=O) groups is 2. The van der Waals surface area contributed by atoms with Gasteiger partial charge in [0.05, 0.1) is 18.4 Å². The highest BCUT2D eigenvalue weighted by atomic mass is 16.5. The van der Waals surface area contributed by atoms with Crippen LogP contribution >= 0.6 is 0 Å². The Kier molecular flexibility index (Phi) is 5.02. The molecule has 1 saturated heterocycles. The number of ether oxygens (including phenoxy) is 1. The number of carboxylic acid groups (broad SMARTS) is 1. The van der Waals surface area contributed by atoms with Crippen LogP contribution in [-0.2, 0) is 15.0 Å². The molecule has 1 amide bonds. The number of aliphatic carboxylic acids is 1. The van der Waals surface area contributed by atoms with Gasteiger partial charge in [0, 0.05) is 13.1 Å². The lowest BCUT2D eigenvalue weighted by atomic mass is 9.76. The number of nitrogens with zero attached hydrogens (tertiary/aromatic N) is 1. The maximum absolute atomic E-state index is 13.5. The Morgan fingerprint density at radius 2 is 1.96 bits per heavy atom. The molecule has 2 fully saturated rings. The maximum atomic E-state index is 13.5. The van der Waals surface area contributed by atoms with E-state index in [0.717, 1.165) is 37.0 Å². The largest absolute Gasteiger partial charge is 0.497 e. The molecule has 2 aliphatic rings. The van der Waals surface area contributed by atoms with E-state index in [1.165, 1.54) is 0 Å². The molecule has 1 aliphatic carbocycles. The van der Waals surface area contributed by atoms with Gasteiger partial charge in [0.25, 0.3) is 0 Å². The van der Waals surface area contributed by atoms with Gasteiger partial charge in [0.2, 0.25) is 5.91 Å². The molecule has 1 saturated carbocycles. The summed E-state index contributed by atoms with van der Waals surface area (Å²) in [4.78, 5) is 26.8. The van der Waals surface area contributed by atoms with Gasteiger partial charge in [-0.05, 0) is 42.9 Å². The van der Waals surface area contributed by atoms with E-state index in [9.17, 15) is 14.7 Å². The number of rotatable bonds is 4. The Balaban J connectivity index is 1.92. The van der Waals surface area contributed by atoms with Gasteiger partial charge in [-0.15, -0.1) is 0 Å². The first-order chi connectivity index (χ1) is 12.0. The summed E-state index contributed by atoms with van der Waals surface area (Å²) in [7, 11) is 1.63. The highest BCUT2D eigenvalue weighted by molar-refractivity contribution is 5.89. The van der Waals surface area contributed by atoms with Gasteiger partial charge < -0.3 is 14.7 Å².